The number of carbonyl (C=O) groups is 1. The van der Waals surface area contributed by atoms with E-state index in [1.165, 1.54) is 14.0 Å². The van der Waals surface area contributed by atoms with Crippen LogP contribution < -0.4 is 4.74 Å². The van der Waals surface area contributed by atoms with Crippen LogP contribution in [0.5, 0.6) is 5.75 Å². The average molecular weight is 311 g/mol. The maximum atomic E-state index is 11.1. The van der Waals surface area contributed by atoms with Gasteiger partial charge in [0.15, 0.2) is 5.78 Å². The molecule has 0 radical (unpaired) electrons. The van der Waals surface area contributed by atoms with E-state index in [2.05, 4.69) is 22.6 Å². The Kier molecular flexibility index (Phi) is 3.55. The van der Waals surface area contributed by atoms with Gasteiger partial charge in [-0.05, 0) is 41.6 Å². The van der Waals surface area contributed by atoms with Crippen molar-refractivity contribution in [1.29, 1.82) is 0 Å². The van der Waals surface area contributed by atoms with Gasteiger partial charge >= 0.3 is 0 Å². The molecule has 2 nitrogen and oxygen atoms in total. The first-order valence-corrected chi connectivity index (χ1v) is 5.06. The Balaban J connectivity index is 3.30. The minimum atomic E-state index is 0.0133. The third-order valence-electron chi connectivity index (χ3n) is 1.62. The molecule has 0 saturated carbocycles. The topological polar surface area (TPSA) is 26.3 Å². The van der Waals surface area contributed by atoms with Crippen LogP contribution in [0.2, 0.25) is 5.02 Å². The van der Waals surface area contributed by atoms with Crippen molar-refractivity contribution in [2.75, 3.05) is 7.11 Å². The number of Topliss-reactive ketones (excluding diaryl/α,β-unsaturated/α-hetero) is 1. The van der Waals surface area contributed by atoms with Crippen molar-refractivity contribution in [3.63, 3.8) is 0 Å². The molecule has 0 amide bonds. The fourth-order valence-electron chi connectivity index (χ4n) is 0.955. The van der Waals surface area contributed by atoms with Gasteiger partial charge in [-0.2, -0.15) is 0 Å². The van der Waals surface area contributed by atoms with E-state index in [9.17, 15) is 4.79 Å². The zero-order chi connectivity index (χ0) is 10.0. The van der Waals surface area contributed by atoms with E-state index in [0.717, 1.165) is 3.57 Å². The van der Waals surface area contributed by atoms with E-state index in [4.69, 9.17) is 16.3 Å². The molecule has 1 aromatic rings. The highest BCUT2D eigenvalue weighted by atomic mass is 127. The second-order valence-corrected chi connectivity index (χ2v) is 4.09. The Bertz CT molecular complexity index is 350. The van der Waals surface area contributed by atoms with Gasteiger partial charge in [-0.3, -0.25) is 4.79 Å². The Morgan fingerprint density at radius 3 is 2.62 bits per heavy atom. The number of hydrogen-bond donors (Lipinski definition) is 0. The van der Waals surface area contributed by atoms with Gasteiger partial charge in [0.1, 0.15) is 5.75 Å². The lowest BCUT2D eigenvalue weighted by atomic mass is 10.1. The number of hydrogen-bond acceptors (Lipinski definition) is 2. The van der Waals surface area contributed by atoms with Gasteiger partial charge in [-0.1, -0.05) is 11.6 Å². The summed E-state index contributed by atoms with van der Waals surface area (Å²) in [5, 5.41) is 0.525. The number of benzene rings is 1. The van der Waals surface area contributed by atoms with Crippen LogP contribution in [0.1, 0.15) is 17.3 Å². The molecule has 1 rings (SSSR count). The summed E-state index contributed by atoms with van der Waals surface area (Å²) >= 11 is 7.94. The summed E-state index contributed by atoms with van der Waals surface area (Å²) in [6.45, 7) is 1.52. The molecule has 70 valence electrons. The number of carbonyl (C=O) groups excluding carboxylic acids is 1. The predicted molar refractivity (Wildman–Crippen MR) is 60.7 cm³/mol. The zero-order valence-electron chi connectivity index (χ0n) is 7.23. The smallest absolute Gasteiger partial charge is 0.161 e. The van der Waals surface area contributed by atoms with Gasteiger partial charge in [0, 0.05) is 9.13 Å². The normalized spacial score (nSPS) is 9.85. The molecule has 0 saturated heterocycles. The molecule has 0 bridgehead atoms. The zero-order valence-corrected chi connectivity index (χ0v) is 10.1. The predicted octanol–water partition coefficient (Wildman–Crippen LogP) is 3.16. The summed E-state index contributed by atoms with van der Waals surface area (Å²) in [6.07, 6.45) is 0. The van der Waals surface area contributed by atoms with Gasteiger partial charge in [-0.15, -0.1) is 0 Å². The molecule has 0 fully saturated rings. The SMILES string of the molecule is COc1cc(C(C)=O)c(I)cc1Cl. The Morgan fingerprint density at radius 1 is 1.54 bits per heavy atom. The minimum absolute atomic E-state index is 0.0133. The van der Waals surface area contributed by atoms with Crippen molar-refractivity contribution < 1.29 is 9.53 Å². The van der Waals surface area contributed by atoms with Gasteiger partial charge in [0.2, 0.25) is 0 Å². The second-order valence-electron chi connectivity index (χ2n) is 2.52. The lowest BCUT2D eigenvalue weighted by Crippen LogP contribution is -1.97. The molecular weight excluding hydrogens is 302 g/mol. The van der Waals surface area contributed by atoms with Crippen LogP contribution in [0.15, 0.2) is 12.1 Å². The third kappa shape index (κ3) is 2.34. The van der Waals surface area contributed by atoms with Crippen LogP contribution in [-0.2, 0) is 0 Å². The van der Waals surface area contributed by atoms with Crippen molar-refractivity contribution in [2.24, 2.45) is 0 Å². The van der Waals surface area contributed by atoms with Crippen molar-refractivity contribution in [3.05, 3.63) is 26.3 Å². The molecule has 0 spiro atoms. The molecule has 0 heterocycles. The Hall–Kier alpha value is -0.290. The molecule has 0 aliphatic rings. The van der Waals surface area contributed by atoms with Crippen LogP contribution >= 0.6 is 34.2 Å². The summed E-state index contributed by atoms with van der Waals surface area (Å²) < 4.78 is 5.85. The molecular formula is C9H8ClIO2. The van der Waals surface area contributed by atoms with Gasteiger partial charge in [0.05, 0.1) is 12.1 Å². The third-order valence-corrected chi connectivity index (χ3v) is 2.81. The summed E-state index contributed by atoms with van der Waals surface area (Å²) in [5.74, 6) is 0.548. The number of ether oxygens (including phenoxy) is 1. The van der Waals surface area contributed by atoms with Crippen molar-refractivity contribution >= 4 is 40.0 Å². The summed E-state index contributed by atoms with van der Waals surface area (Å²) in [5.41, 5.74) is 0.641. The molecule has 13 heavy (non-hydrogen) atoms. The monoisotopic (exact) mass is 310 g/mol. The number of ketones is 1. The molecule has 0 unspecified atom stereocenters. The lowest BCUT2D eigenvalue weighted by Gasteiger charge is -2.06. The second kappa shape index (κ2) is 4.28. The first-order valence-electron chi connectivity index (χ1n) is 3.60. The van der Waals surface area contributed by atoms with E-state index in [1.54, 1.807) is 12.1 Å². The molecule has 0 aliphatic carbocycles. The maximum Gasteiger partial charge on any atom is 0.161 e. The van der Waals surface area contributed by atoms with Gasteiger partial charge in [-0.25, -0.2) is 0 Å². The largest absolute Gasteiger partial charge is 0.495 e. The highest BCUT2D eigenvalue weighted by Crippen LogP contribution is 2.29. The first kappa shape index (κ1) is 10.8. The van der Waals surface area contributed by atoms with Crippen molar-refractivity contribution in [3.8, 4) is 5.75 Å². The molecule has 0 N–H and O–H groups in total. The lowest BCUT2D eigenvalue weighted by molar-refractivity contribution is 0.101. The number of rotatable bonds is 2. The van der Waals surface area contributed by atoms with E-state index in [1.807, 2.05) is 0 Å². The van der Waals surface area contributed by atoms with Crippen LogP contribution in [0.25, 0.3) is 0 Å². The molecule has 0 atom stereocenters. The van der Waals surface area contributed by atoms with Crippen LogP contribution in [0.3, 0.4) is 0 Å². The van der Waals surface area contributed by atoms with E-state index in [-0.39, 0.29) is 5.78 Å². The standard InChI is InChI=1S/C9H8ClIO2/c1-5(12)6-3-9(13-2)7(10)4-8(6)11/h3-4H,1-2H3. The van der Waals surface area contributed by atoms with Crippen molar-refractivity contribution in [2.45, 2.75) is 6.92 Å². The van der Waals surface area contributed by atoms with Gasteiger partial charge in [0.25, 0.3) is 0 Å². The first-order chi connectivity index (χ1) is 6.06. The van der Waals surface area contributed by atoms with E-state index >= 15 is 0 Å². The van der Waals surface area contributed by atoms with Crippen LogP contribution in [0, 0.1) is 3.57 Å². The minimum Gasteiger partial charge on any atom is -0.495 e. The summed E-state index contributed by atoms with van der Waals surface area (Å²) in [6, 6.07) is 3.38. The molecule has 0 aliphatic heterocycles. The highest BCUT2D eigenvalue weighted by molar-refractivity contribution is 14.1. The van der Waals surface area contributed by atoms with E-state index < -0.39 is 0 Å². The van der Waals surface area contributed by atoms with Crippen molar-refractivity contribution in [1.82, 2.24) is 0 Å². The fourth-order valence-corrected chi connectivity index (χ4v) is 2.23. The summed E-state index contributed by atoms with van der Waals surface area (Å²) in [7, 11) is 1.53. The van der Waals surface area contributed by atoms with Gasteiger partial charge < -0.3 is 4.74 Å². The maximum absolute atomic E-state index is 11.1. The Morgan fingerprint density at radius 2 is 2.15 bits per heavy atom. The average Bonchev–Trinajstić information content (AvgIpc) is 2.03. The molecule has 1 aromatic carbocycles. The fraction of sp³-hybridized carbons (Fsp3) is 0.222. The highest BCUT2D eigenvalue weighted by Gasteiger charge is 2.10. The number of methoxy groups -OCH3 is 1. The Labute approximate surface area is 95.4 Å². The molecule has 4 heteroatoms. The molecule has 0 aromatic heterocycles. The van der Waals surface area contributed by atoms with Crippen LogP contribution in [-0.4, -0.2) is 12.9 Å². The number of halogens is 2. The van der Waals surface area contributed by atoms with Crippen LogP contribution in [0.4, 0.5) is 0 Å². The quantitative estimate of drug-likeness (QED) is 0.619. The summed E-state index contributed by atoms with van der Waals surface area (Å²) in [4.78, 5) is 11.1. The van der Waals surface area contributed by atoms with E-state index in [0.29, 0.717) is 16.3 Å².